The highest BCUT2D eigenvalue weighted by atomic mass is 16.8. The zero-order valence-corrected chi connectivity index (χ0v) is 21.8. The molecule has 0 saturated carbocycles. The van der Waals surface area contributed by atoms with E-state index in [1.807, 2.05) is 6.92 Å². The zero-order chi connectivity index (χ0) is 27.2. The van der Waals surface area contributed by atoms with Gasteiger partial charge < -0.3 is 44.4 Å². The van der Waals surface area contributed by atoms with E-state index in [4.69, 9.17) is 28.4 Å². The predicted molar refractivity (Wildman–Crippen MR) is 127 cm³/mol. The van der Waals surface area contributed by atoms with Crippen LogP contribution >= 0.6 is 0 Å². The average Bonchev–Trinajstić information content (AvgIpc) is 3.32. The van der Waals surface area contributed by atoms with Crippen molar-refractivity contribution >= 4 is 23.7 Å². The summed E-state index contributed by atoms with van der Waals surface area (Å²) in [4.78, 5) is 50.2. The molecule has 3 amide bonds. The normalized spacial score (nSPS) is 35.0. The van der Waals surface area contributed by atoms with E-state index in [2.05, 4.69) is 16.0 Å². The van der Waals surface area contributed by atoms with Gasteiger partial charge in [-0.05, 0) is 19.8 Å². The van der Waals surface area contributed by atoms with E-state index in [9.17, 15) is 19.2 Å². The molecule has 0 aromatic carbocycles. The predicted octanol–water partition coefficient (Wildman–Crippen LogP) is -0.861. The van der Waals surface area contributed by atoms with Gasteiger partial charge in [-0.25, -0.2) is 4.79 Å². The Bertz CT molecular complexity index is 879. The highest BCUT2D eigenvalue weighted by molar-refractivity contribution is 5.92. The molecule has 3 N–H and O–H groups in total. The molecular formula is C24H37N3O10. The Morgan fingerprint density at radius 2 is 1.92 bits per heavy atom. The lowest BCUT2D eigenvalue weighted by molar-refractivity contribution is -0.212. The first-order valence-electron chi connectivity index (χ1n) is 12.4. The maximum absolute atomic E-state index is 13.0. The Kier molecular flexibility index (Phi) is 10.0. The Morgan fingerprint density at radius 1 is 1.16 bits per heavy atom. The summed E-state index contributed by atoms with van der Waals surface area (Å²) in [7, 11) is 1.20. The standard InChI is InChI=1S/C24H37N3O10/c1-6-13(2)18-21(30)26-14(22(31)32-5)11-33-9-7-8-15-19(20-23(35-15)37-24(3,4)36-20)34-12-17(29)25-10-16(28)27-18/h7-8,13-15,18-20,23H,6,9-12H2,1-5H3,(H,25,29)(H,26,30)(H,27,28)/b8-7-/t13-,14-,15+,18-,19-,20+,23+/m0/s1. The first kappa shape index (κ1) is 29.0. The molecule has 0 spiro atoms. The first-order valence-corrected chi connectivity index (χ1v) is 12.4. The van der Waals surface area contributed by atoms with Gasteiger partial charge in [0.2, 0.25) is 17.7 Å². The van der Waals surface area contributed by atoms with Gasteiger partial charge in [0.1, 0.15) is 31.0 Å². The minimum absolute atomic E-state index is 0.0878. The summed E-state index contributed by atoms with van der Waals surface area (Å²) in [5.74, 6) is -3.47. The zero-order valence-electron chi connectivity index (χ0n) is 21.8. The van der Waals surface area contributed by atoms with Gasteiger partial charge in [-0.1, -0.05) is 32.4 Å². The van der Waals surface area contributed by atoms with Crippen LogP contribution in [0.25, 0.3) is 0 Å². The van der Waals surface area contributed by atoms with Crippen molar-refractivity contribution in [3.8, 4) is 0 Å². The Labute approximate surface area is 215 Å². The molecule has 0 aromatic heterocycles. The van der Waals surface area contributed by atoms with Crippen LogP contribution in [0.1, 0.15) is 34.1 Å². The van der Waals surface area contributed by atoms with Crippen LogP contribution in [-0.2, 0) is 47.6 Å². The Hall–Kier alpha value is -2.58. The molecular weight excluding hydrogens is 490 g/mol. The Morgan fingerprint density at radius 3 is 2.62 bits per heavy atom. The molecule has 7 atom stereocenters. The van der Waals surface area contributed by atoms with E-state index < -0.39 is 66.2 Å². The fourth-order valence-electron chi connectivity index (χ4n) is 4.19. The molecule has 0 unspecified atom stereocenters. The van der Waals surface area contributed by atoms with Crippen LogP contribution in [0.3, 0.4) is 0 Å². The molecule has 3 aliphatic heterocycles. The van der Waals surface area contributed by atoms with Gasteiger partial charge in [-0.3, -0.25) is 14.4 Å². The van der Waals surface area contributed by atoms with Crippen molar-refractivity contribution in [2.75, 3.05) is 33.5 Å². The number of hydrogen-bond acceptors (Lipinski definition) is 10. The van der Waals surface area contributed by atoms with E-state index in [1.165, 1.54) is 7.11 Å². The number of carbonyl (C=O) groups is 4. The summed E-state index contributed by atoms with van der Waals surface area (Å²) in [6, 6.07) is -2.03. The van der Waals surface area contributed by atoms with Gasteiger partial charge in [-0.2, -0.15) is 0 Å². The molecule has 3 aliphatic rings. The van der Waals surface area contributed by atoms with Gasteiger partial charge in [0.15, 0.2) is 18.1 Å². The quantitative estimate of drug-likeness (QED) is 0.311. The van der Waals surface area contributed by atoms with E-state index in [1.54, 1.807) is 32.9 Å². The number of carbonyl (C=O) groups excluding carboxylic acids is 4. The summed E-state index contributed by atoms with van der Waals surface area (Å²) in [6.45, 7) is 6.39. The molecule has 37 heavy (non-hydrogen) atoms. The SMILES string of the molecule is CC[C@H](C)[C@@H]1NC(=O)CNC(=O)CO[C@@H]2[C@H]3OC(C)(C)O[C@H]3O[C@@H]2/C=C\COC[C@@H](C(=O)OC)NC1=O. The summed E-state index contributed by atoms with van der Waals surface area (Å²) in [5, 5.41) is 7.71. The van der Waals surface area contributed by atoms with Crippen LogP contribution in [0, 0.1) is 5.92 Å². The van der Waals surface area contributed by atoms with Crippen LogP contribution in [-0.4, -0.2) is 99.6 Å². The van der Waals surface area contributed by atoms with E-state index >= 15 is 0 Å². The number of methoxy groups -OCH3 is 1. The molecule has 208 valence electrons. The first-order chi connectivity index (χ1) is 17.5. The maximum atomic E-state index is 13.0. The van der Waals surface area contributed by atoms with Crippen molar-refractivity contribution in [3.63, 3.8) is 0 Å². The molecule has 0 aliphatic carbocycles. The largest absolute Gasteiger partial charge is 0.467 e. The third-order valence-corrected chi connectivity index (χ3v) is 6.32. The Balaban J connectivity index is 1.77. The number of ether oxygens (including phenoxy) is 6. The number of esters is 1. The molecule has 2 saturated heterocycles. The molecule has 3 rings (SSSR count). The maximum Gasteiger partial charge on any atom is 0.330 e. The fourth-order valence-corrected chi connectivity index (χ4v) is 4.19. The third-order valence-electron chi connectivity index (χ3n) is 6.32. The highest BCUT2D eigenvalue weighted by Gasteiger charge is 2.54. The van der Waals surface area contributed by atoms with Crippen molar-refractivity contribution in [1.82, 2.24) is 16.0 Å². The minimum Gasteiger partial charge on any atom is -0.467 e. The summed E-state index contributed by atoms with van der Waals surface area (Å²) in [5.41, 5.74) is 0. The number of hydrogen-bond donors (Lipinski definition) is 3. The number of nitrogens with one attached hydrogen (secondary N) is 3. The van der Waals surface area contributed by atoms with Crippen LogP contribution in [0.4, 0.5) is 0 Å². The van der Waals surface area contributed by atoms with E-state index in [0.717, 1.165) is 0 Å². The smallest absolute Gasteiger partial charge is 0.330 e. The molecule has 2 fully saturated rings. The van der Waals surface area contributed by atoms with Crippen molar-refractivity contribution in [3.05, 3.63) is 12.2 Å². The number of fused-ring (bicyclic) bond motifs is 3. The summed E-state index contributed by atoms with van der Waals surface area (Å²) in [6.07, 6.45) is 1.45. The molecule has 13 nitrogen and oxygen atoms in total. The molecule has 0 radical (unpaired) electrons. The second-order valence-corrected chi connectivity index (χ2v) is 9.60. The van der Waals surface area contributed by atoms with E-state index in [-0.39, 0.29) is 32.3 Å². The van der Waals surface area contributed by atoms with Crippen molar-refractivity contribution < 1.29 is 47.6 Å². The fraction of sp³-hybridized carbons (Fsp3) is 0.750. The van der Waals surface area contributed by atoms with Crippen LogP contribution < -0.4 is 16.0 Å². The lowest BCUT2D eigenvalue weighted by atomic mass is 9.98. The lowest BCUT2D eigenvalue weighted by Gasteiger charge is -2.26. The van der Waals surface area contributed by atoms with Crippen LogP contribution in [0.5, 0.6) is 0 Å². The molecule has 0 bridgehead atoms. The van der Waals surface area contributed by atoms with Crippen molar-refractivity contribution in [1.29, 1.82) is 0 Å². The topological polar surface area (TPSA) is 160 Å². The number of amides is 3. The minimum atomic E-state index is -1.09. The molecule has 3 heterocycles. The molecule has 13 heteroatoms. The lowest BCUT2D eigenvalue weighted by Crippen LogP contribution is -2.56. The second kappa shape index (κ2) is 12.8. The van der Waals surface area contributed by atoms with Gasteiger partial charge in [0.05, 0.1) is 26.9 Å². The van der Waals surface area contributed by atoms with Gasteiger partial charge >= 0.3 is 5.97 Å². The summed E-state index contributed by atoms with van der Waals surface area (Å²) >= 11 is 0. The van der Waals surface area contributed by atoms with E-state index in [0.29, 0.717) is 6.42 Å². The average molecular weight is 528 g/mol. The van der Waals surface area contributed by atoms with Crippen LogP contribution in [0.2, 0.25) is 0 Å². The van der Waals surface area contributed by atoms with Gasteiger partial charge in [-0.15, -0.1) is 0 Å². The van der Waals surface area contributed by atoms with Gasteiger partial charge in [0.25, 0.3) is 0 Å². The van der Waals surface area contributed by atoms with Crippen LogP contribution in [0.15, 0.2) is 12.2 Å². The third kappa shape index (κ3) is 7.71. The van der Waals surface area contributed by atoms with Gasteiger partial charge in [0, 0.05) is 0 Å². The number of rotatable bonds is 3. The summed E-state index contributed by atoms with van der Waals surface area (Å²) < 4.78 is 33.8. The highest BCUT2D eigenvalue weighted by Crippen LogP contribution is 2.39. The monoisotopic (exact) mass is 527 g/mol. The van der Waals surface area contributed by atoms with Crippen molar-refractivity contribution in [2.24, 2.45) is 5.92 Å². The molecule has 0 aromatic rings. The van der Waals surface area contributed by atoms with Crippen molar-refractivity contribution in [2.45, 2.75) is 76.6 Å². The second-order valence-electron chi connectivity index (χ2n) is 9.60.